The molecule has 0 spiro atoms. The van der Waals surface area contributed by atoms with Crippen molar-refractivity contribution in [2.45, 2.75) is 50.6 Å². The van der Waals surface area contributed by atoms with E-state index >= 15 is 0 Å². The fraction of sp³-hybridized carbons (Fsp3) is 0.343. The molecule has 0 aliphatic carbocycles. The first-order valence-corrected chi connectivity index (χ1v) is 16.0. The highest BCUT2D eigenvalue weighted by atomic mass is 32.1. The largest absolute Gasteiger partial charge is 0.347 e. The lowest BCUT2D eigenvalue weighted by Gasteiger charge is -2.31. The molecule has 2 aliphatic rings. The molecule has 3 aromatic carbocycles. The minimum atomic E-state index is -2.92. The first-order valence-electron chi connectivity index (χ1n) is 15.1. The van der Waals surface area contributed by atoms with Gasteiger partial charge in [0, 0.05) is 68.1 Å². The third kappa shape index (κ3) is 6.89. The Hall–Kier alpha value is -3.95. The van der Waals surface area contributed by atoms with E-state index in [1.165, 1.54) is 29.0 Å². The van der Waals surface area contributed by atoms with E-state index in [0.717, 1.165) is 62.0 Å². The van der Waals surface area contributed by atoms with Gasteiger partial charge in [0.05, 0.1) is 5.01 Å². The molecule has 3 heterocycles. The minimum Gasteiger partial charge on any atom is -0.347 e. The molecule has 0 radical (unpaired) electrons. The number of nitrogens with one attached hydrogen (secondary N) is 1. The number of thiazole rings is 1. The number of amides is 2. The summed E-state index contributed by atoms with van der Waals surface area (Å²) in [5, 5.41) is 5.95. The summed E-state index contributed by atoms with van der Waals surface area (Å²) >= 11 is 1.51. The molecule has 6 rings (SSSR count). The number of rotatable bonds is 8. The van der Waals surface area contributed by atoms with Crippen molar-refractivity contribution in [1.82, 2.24) is 20.1 Å². The zero-order valence-corrected chi connectivity index (χ0v) is 25.5. The number of nitrogens with zero attached hydrogens (tertiary/aromatic N) is 3. The van der Waals surface area contributed by atoms with Crippen LogP contribution in [0.25, 0.3) is 11.1 Å². The highest BCUT2D eigenvalue weighted by Gasteiger charge is 2.30. The first kappa shape index (κ1) is 30.1. The van der Waals surface area contributed by atoms with Crippen LogP contribution in [0.5, 0.6) is 0 Å². The van der Waals surface area contributed by atoms with Crippen LogP contribution in [0.2, 0.25) is 0 Å². The molecule has 1 aromatic heterocycles. The van der Waals surface area contributed by atoms with Crippen molar-refractivity contribution in [3.63, 3.8) is 0 Å². The Kier molecular flexibility index (Phi) is 8.86. The van der Waals surface area contributed by atoms with E-state index in [4.69, 9.17) is 4.98 Å². The smallest absolute Gasteiger partial charge is 0.271 e. The molecule has 2 fully saturated rings. The van der Waals surface area contributed by atoms with Gasteiger partial charge in [-0.05, 0) is 42.0 Å². The number of likely N-dealkylation sites (tertiary alicyclic amines) is 2. The summed E-state index contributed by atoms with van der Waals surface area (Å²) in [7, 11) is 0. The summed E-state index contributed by atoms with van der Waals surface area (Å²) in [4.78, 5) is 35.5. The van der Waals surface area contributed by atoms with Gasteiger partial charge < -0.3 is 10.2 Å². The zero-order chi connectivity index (χ0) is 30.7. The van der Waals surface area contributed by atoms with E-state index in [9.17, 15) is 18.4 Å². The van der Waals surface area contributed by atoms with E-state index < -0.39 is 5.92 Å². The van der Waals surface area contributed by atoms with Crippen molar-refractivity contribution in [3.05, 3.63) is 112 Å². The van der Waals surface area contributed by atoms with E-state index in [1.807, 2.05) is 46.7 Å². The Labute approximate surface area is 260 Å². The van der Waals surface area contributed by atoms with Crippen molar-refractivity contribution in [1.29, 1.82) is 0 Å². The second kappa shape index (κ2) is 13.0. The fourth-order valence-corrected chi connectivity index (χ4v) is 7.11. The van der Waals surface area contributed by atoms with Crippen LogP contribution >= 0.6 is 11.3 Å². The van der Waals surface area contributed by atoms with Crippen LogP contribution in [0, 0.1) is 0 Å². The van der Waals surface area contributed by atoms with Crippen molar-refractivity contribution in [3.8, 4) is 11.1 Å². The van der Waals surface area contributed by atoms with E-state index in [1.54, 1.807) is 18.2 Å². The van der Waals surface area contributed by atoms with Crippen LogP contribution in [0.3, 0.4) is 0 Å². The van der Waals surface area contributed by atoms with Crippen molar-refractivity contribution in [2.24, 2.45) is 0 Å². The van der Waals surface area contributed by atoms with Gasteiger partial charge in [0.15, 0.2) is 0 Å². The number of hydrogen-bond acceptors (Lipinski definition) is 5. The zero-order valence-electron chi connectivity index (χ0n) is 24.7. The Morgan fingerprint density at radius 3 is 2.36 bits per heavy atom. The van der Waals surface area contributed by atoms with E-state index in [-0.39, 0.29) is 29.3 Å². The maximum Gasteiger partial charge on any atom is 0.271 e. The Bertz CT molecular complexity index is 1590. The lowest BCUT2D eigenvalue weighted by atomic mass is 9.94. The SMILES string of the molecule is CC(F)(F)c1ccc(-c2ccccc2C(=O)N2CCC(c3nc(C(=O)N[C@@H]4CCN(Cc5ccccc5)C4)cs3)CC2)cc1. The summed E-state index contributed by atoms with van der Waals surface area (Å²) in [6.07, 6.45) is 2.45. The second-order valence-corrected chi connectivity index (χ2v) is 12.7. The highest BCUT2D eigenvalue weighted by molar-refractivity contribution is 7.09. The molecule has 2 aliphatic heterocycles. The molecular weight excluding hydrogens is 578 g/mol. The predicted molar refractivity (Wildman–Crippen MR) is 169 cm³/mol. The monoisotopic (exact) mass is 614 g/mol. The molecule has 1 atom stereocenters. The van der Waals surface area contributed by atoms with Gasteiger partial charge in [0.25, 0.3) is 17.7 Å². The van der Waals surface area contributed by atoms with Crippen LogP contribution in [0.1, 0.15) is 69.1 Å². The molecule has 228 valence electrons. The van der Waals surface area contributed by atoms with Crippen LogP contribution in [0.15, 0.2) is 84.2 Å². The first-order chi connectivity index (χ1) is 21.2. The van der Waals surface area contributed by atoms with E-state index in [0.29, 0.717) is 24.3 Å². The minimum absolute atomic E-state index is 0.0565. The highest BCUT2D eigenvalue weighted by Crippen LogP contribution is 2.33. The summed E-state index contributed by atoms with van der Waals surface area (Å²) in [6.45, 7) is 4.70. The van der Waals surface area contributed by atoms with Gasteiger partial charge in [-0.1, -0.05) is 72.8 Å². The Morgan fingerprint density at radius 1 is 0.932 bits per heavy atom. The molecule has 0 bridgehead atoms. The van der Waals surface area contributed by atoms with Crippen LogP contribution in [0.4, 0.5) is 8.78 Å². The number of carbonyl (C=O) groups excluding carboxylic acids is 2. The third-order valence-corrected chi connectivity index (χ3v) is 9.61. The normalized spacial score (nSPS) is 18.0. The topological polar surface area (TPSA) is 65.5 Å². The van der Waals surface area contributed by atoms with Gasteiger partial charge in [-0.25, -0.2) is 13.8 Å². The van der Waals surface area contributed by atoms with Crippen LogP contribution in [-0.2, 0) is 12.5 Å². The summed E-state index contributed by atoms with van der Waals surface area (Å²) in [6, 6.07) is 23.9. The molecular formula is C35H36F2N4O2S. The molecule has 0 saturated carbocycles. The third-order valence-electron chi connectivity index (χ3n) is 8.60. The molecule has 6 nitrogen and oxygen atoms in total. The predicted octanol–water partition coefficient (Wildman–Crippen LogP) is 6.95. The van der Waals surface area contributed by atoms with Gasteiger partial charge in [-0.2, -0.15) is 0 Å². The van der Waals surface area contributed by atoms with Crippen molar-refractivity contribution >= 4 is 23.2 Å². The van der Waals surface area contributed by atoms with Crippen LogP contribution in [-0.4, -0.2) is 58.8 Å². The van der Waals surface area contributed by atoms with E-state index in [2.05, 4.69) is 22.3 Å². The lowest BCUT2D eigenvalue weighted by Crippen LogP contribution is -2.38. The van der Waals surface area contributed by atoms with Gasteiger partial charge >= 0.3 is 0 Å². The number of alkyl halides is 2. The number of aromatic nitrogens is 1. The molecule has 44 heavy (non-hydrogen) atoms. The molecule has 4 aromatic rings. The molecule has 1 N–H and O–H groups in total. The molecule has 9 heteroatoms. The Balaban J connectivity index is 1.03. The number of piperidine rings is 1. The van der Waals surface area contributed by atoms with Gasteiger partial charge in [0.1, 0.15) is 5.69 Å². The number of benzene rings is 3. The standard InChI is InChI=1S/C35H36F2N4O2S/c1-35(36,37)27-13-11-25(12-14-27)29-9-5-6-10-30(29)34(43)41-19-15-26(16-20-41)33-39-31(23-44-33)32(42)38-28-17-18-40(22-28)21-24-7-3-2-4-8-24/h2-14,23,26,28H,15-22H2,1H3,(H,38,42)/t28-/m1/s1. The number of halogens is 2. The summed E-state index contributed by atoms with van der Waals surface area (Å²) in [5.74, 6) is -2.92. The average molecular weight is 615 g/mol. The van der Waals surface area contributed by atoms with Gasteiger partial charge in [0.2, 0.25) is 0 Å². The summed E-state index contributed by atoms with van der Waals surface area (Å²) < 4.78 is 27.4. The Morgan fingerprint density at radius 2 is 1.64 bits per heavy atom. The average Bonchev–Trinajstić information content (AvgIpc) is 3.71. The molecule has 2 amide bonds. The maximum absolute atomic E-state index is 13.7. The van der Waals surface area contributed by atoms with Gasteiger partial charge in [-0.15, -0.1) is 11.3 Å². The number of hydrogen-bond donors (Lipinski definition) is 1. The van der Waals surface area contributed by atoms with Crippen molar-refractivity contribution < 1.29 is 18.4 Å². The van der Waals surface area contributed by atoms with Crippen molar-refractivity contribution in [2.75, 3.05) is 26.2 Å². The molecule has 2 saturated heterocycles. The molecule has 0 unspecified atom stereocenters. The summed E-state index contributed by atoms with van der Waals surface area (Å²) in [5.41, 5.74) is 3.70. The maximum atomic E-state index is 13.7. The second-order valence-electron chi connectivity index (χ2n) is 11.8. The van der Waals surface area contributed by atoms with Crippen LogP contribution < -0.4 is 5.32 Å². The number of carbonyl (C=O) groups is 2. The fourth-order valence-electron chi connectivity index (χ4n) is 6.14. The quantitative estimate of drug-likeness (QED) is 0.233. The van der Waals surface area contributed by atoms with Gasteiger partial charge in [-0.3, -0.25) is 14.5 Å². The lowest BCUT2D eigenvalue weighted by molar-refractivity contribution is 0.0175.